The van der Waals surface area contributed by atoms with Crippen LogP contribution in [0.4, 0.5) is 11.4 Å². The number of anilines is 2. The number of hydrogen-bond acceptors (Lipinski definition) is 4. The number of nitrogens with zero attached hydrogens (tertiary/aromatic N) is 2. The van der Waals surface area contributed by atoms with Gasteiger partial charge in [-0.25, -0.2) is 4.98 Å². The molecule has 0 radical (unpaired) electrons. The van der Waals surface area contributed by atoms with Gasteiger partial charge >= 0.3 is 0 Å². The van der Waals surface area contributed by atoms with E-state index in [-0.39, 0.29) is 5.91 Å². The quantitative estimate of drug-likeness (QED) is 0.663. The smallest absolute Gasteiger partial charge is 0.255 e. The Bertz CT molecular complexity index is 957. The fourth-order valence-corrected chi connectivity index (χ4v) is 3.49. The van der Waals surface area contributed by atoms with Gasteiger partial charge in [0.15, 0.2) is 0 Å². The van der Waals surface area contributed by atoms with Crippen molar-refractivity contribution in [2.75, 3.05) is 23.3 Å². The molecule has 2 heterocycles. The van der Waals surface area contributed by atoms with Crippen LogP contribution in [0.5, 0.6) is 5.88 Å². The van der Waals surface area contributed by atoms with Crippen LogP contribution < -0.4 is 15.0 Å². The molecular weight excluding hydrogens is 362 g/mol. The summed E-state index contributed by atoms with van der Waals surface area (Å²) < 4.78 is 5.72. The van der Waals surface area contributed by atoms with Crippen molar-refractivity contribution in [2.45, 2.75) is 20.0 Å². The summed E-state index contributed by atoms with van der Waals surface area (Å²) in [5.41, 5.74) is 3.54. The third kappa shape index (κ3) is 4.93. The molecule has 1 aromatic heterocycles. The molecular formula is C24H25N3O2. The normalized spacial score (nSPS) is 15.9. The van der Waals surface area contributed by atoms with Crippen LogP contribution in [-0.4, -0.2) is 24.0 Å². The van der Waals surface area contributed by atoms with Gasteiger partial charge in [0.25, 0.3) is 5.91 Å². The molecule has 29 heavy (non-hydrogen) atoms. The molecule has 0 spiro atoms. The first-order valence-corrected chi connectivity index (χ1v) is 9.96. The Labute approximate surface area is 171 Å². The Morgan fingerprint density at radius 1 is 1.14 bits per heavy atom. The van der Waals surface area contributed by atoms with Gasteiger partial charge in [0, 0.05) is 42.3 Å². The predicted octanol–water partition coefficient (Wildman–Crippen LogP) is 4.76. The fourth-order valence-electron chi connectivity index (χ4n) is 3.49. The minimum Gasteiger partial charge on any atom is -0.473 e. The average Bonchev–Trinajstić information content (AvgIpc) is 3.20. The summed E-state index contributed by atoms with van der Waals surface area (Å²) in [7, 11) is 0. The molecule has 1 amide bonds. The van der Waals surface area contributed by atoms with E-state index in [1.54, 1.807) is 18.3 Å². The molecule has 1 aliphatic rings. The molecule has 3 aromatic rings. The minimum absolute atomic E-state index is 0.181. The summed E-state index contributed by atoms with van der Waals surface area (Å²) in [5, 5.41) is 2.95. The lowest BCUT2D eigenvalue weighted by molar-refractivity contribution is 0.102. The average molecular weight is 387 g/mol. The zero-order chi connectivity index (χ0) is 20.1. The Balaban J connectivity index is 1.37. The van der Waals surface area contributed by atoms with Crippen molar-refractivity contribution in [1.82, 2.24) is 4.98 Å². The predicted molar refractivity (Wildman–Crippen MR) is 115 cm³/mol. The Hall–Kier alpha value is -3.34. The minimum atomic E-state index is -0.181. The highest BCUT2D eigenvalue weighted by Crippen LogP contribution is 2.25. The monoisotopic (exact) mass is 387 g/mol. The first-order chi connectivity index (χ1) is 14.2. The number of aromatic nitrogens is 1. The lowest BCUT2D eigenvalue weighted by Gasteiger charge is -2.18. The summed E-state index contributed by atoms with van der Waals surface area (Å²) in [6, 6.07) is 21.2. The number of nitrogens with one attached hydrogen (secondary N) is 1. The number of benzene rings is 2. The summed E-state index contributed by atoms with van der Waals surface area (Å²) >= 11 is 0. The lowest BCUT2D eigenvalue weighted by atomic mass is 10.2. The maximum absolute atomic E-state index is 12.6. The van der Waals surface area contributed by atoms with Gasteiger partial charge in [-0.1, -0.05) is 37.3 Å². The molecule has 2 aromatic carbocycles. The van der Waals surface area contributed by atoms with Crippen LogP contribution in [0.25, 0.3) is 0 Å². The fraction of sp³-hybridized carbons (Fsp3) is 0.250. The van der Waals surface area contributed by atoms with Crippen LogP contribution in [0.1, 0.15) is 29.3 Å². The van der Waals surface area contributed by atoms with Crippen LogP contribution in [0.3, 0.4) is 0 Å². The number of rotatable bonds is 6. The number of hydrogen-bond donors (Lipinski definition) is 1. The first-order valence-electron chi connectivity index (χ1n) is 9.96. The van der Waals surface area contributed by atoms with Crippen LogP contribution >= 0.6 is 0 Å². The highest BCUT2D eigenvalue weighted by molar-refractivity contribution is 6.04. The lowest BCUT2D eigenvalue weighted by Crippen LogP contribution is -2.19. The molecule has 1 unspecified atom stereocenters. The van der Waals surface area contributed by atoms with Gasteiger partial charge in [-0.3, -0.25) is 4.79 Å². The molecule has 5 nitrogen and oxygen atoms in total. The standard InChI is InChI=1S/C24H25N3O2/c1-18-12-14-27(16-18)22-9-7-21(8-10-22)26-24(28)20-11-13-25-23(15-20)29-17-19-5-3-2-4-6-19/h2-11,13,15,18H,12,14,16-17H2,1H3,(H,26,28). The maximum atomic E-state index is 12.6. The second-order valence-corrected chi connectivity index (χ2v) is 7.50. The summed E-state index contributed by atoms with van der Waals surface area (Å²) in [4.78, 5) is 19.2. The van der Waals surface area contributed by atoms with Gasteiger partial charge in [0.1, 0.15) is 6.61 Å². The molecule has 0 bridgehead atoms. The zero-order valence-corrected chi connectivity index (χ0v) is 16.5. The van der Waals surface area contributed by atoms with Gasteiger partial charge in [-0.15, -0.1) is 0 Å². The summed E-state index contributed by atoms with van der Waals surface area (Å²) in [5.74, 6) is 0.985. The van der Waals surface area contributed by atoms with E-state index in [0.29, 0.717) is 18.1 Å². The zero-order valence-electron chi connectivity index (χ0n) is 16.5. The van der Waals surface area contributed by atoms with Crippen molar-refractivity contribution in [3.63, 3.8) is 0 Å². The number of carbonyl (C=O) groups is 1. The van der Waals surface area contributed by atoms with Crippen molar-refractivity contribution < 1.29 is 9.53 Å². The van der Waals surface area contributed by atoms with Crippen LogP contribution in [0, 0.1) is 5.92 Å². The van der Waals surface area contributed by atoms with Crippen molar-refractivity contribution in [1.29, 1.82) is 0 Å². The molecule has 1 fully saturated rings. The molecule has 1 N–H and O–H groups in total. The van der Waals surface area contributed by atoms with Crippen molar-refractivity contribution >= 4 is 17.3 Å². The van der Waals surface area contributed by atoms with Crippen LogP contribution in [0.2, 0.25) is 0 Å². The Kier molecular flexibility index (Phi) is 5.75. The second-order valence-electron chi connectivity index (χ2n) is 7.50. The van der Waals surface area contributed by atoms with E-state index in [4.69, 9.17) is 4.74 Å². The van der Waals surface area contributed by atoms with Crippen LogP contribution in [-0.2, 0) is 6.61 Å². The van der Waals surface area contributed by atoms with E-state index >= 15 is 0 Å². The number of ether oxygens (including phenoxy) is 1. The first kappa shape index (κ1) is 19.0. The summed E-state index contributed by atoms with van der Waals surface area (Å²) in [6.07, 6.45) is 2.82. The Morgan fingerprint density at radius 3 is 2.66 bits per heavy atom. The van der Waals surface area contributed by atoms with Crippen molar-refractivity contribution in [3.8, 4) is 5.88 Å². The van der Waals surface area contributed by atoms with E-state index in [1.807, 2.05) is 42.5 Å². The number of carbonyl (C=O) groups excluding carboxylic acids is 1. The topological polar surface area (TPSA) is 54.5 Å². The third-order valence-electron chi connectivity index (χ3n) is 5.14. The third-order valence-corrected chi connectivity index (χ3v) is 5.14. The SMILES string of the molecule is CC1CCN(c2ccc(NC(=O)c3ccnc(OCc4ccccc4)c3)cc2)C1. The number of amides is 1. The van der Waals surface area contributed by atoms with Gasteiger partial charge in [0.05, 0.1) is 0 Å². The van der Waals surface area contributed by atoms with Crippen molar-refractivity contribution in [3.05, 3.63) is 84.1 Å². The molecule has 1 atom stereocenters. The maximum Gasteiger partial charge on any atom is 0.255 e. The van der Waals surface area contributed by atoms with E-state index < -0.39 is 0 Å². The van der Waals surface area contributed by atoms with Gasteiger partial charge < -0.3 is 15.0 Å². The molecule has 1 saturated heterocycles. The molecule has 4 rings (SSSR count). The molecule has 1 aliphatic heterocycles. The highest BCUT2D eigenvalue weighted by atomic mass is 16.5. The number of pyridine rings is 1. The van der Waals surface area contributed by atoms with E-state index in [1.165, 1.54) is 12.1 Å². The van der Waals surface area contributed by atoms with E-state index in [9.17, 15) is 4.79 Å². The van der Waals surface area contributed by atoms with Gasteiger partial charge in [-0.2, -0.15) is 0 Å². The van der Waals surface area contributed by atoms with Crippen molar-refractivity contribution in [2.24, 2.45) is 5.92 Å². The van der Waals surface area contributed by atoms with E-state index in [2.05, 4.69) is 34.3 Å². The molecule has 5 heteroatoms. The molecule has 0 aliphatic carbocycles. The second kappa shape index (κ2) is 8.78. The molecule has 0 saturated carbocycles. The van der Waals surface area contributed by atoms with Gasteiger partial charge in [-0.05, 0) is 48.2 Å². The summed E-state index contributed by atoms with van der Waals surface area (Å²) in [6.45, 7) is 4.88. The van der Waals surface area contributed by atoms with Gasteiger partial charge in [0.2, 0.25) is 5.88 Å². The van der Waals surface area contributed by atoms with Crippen LogP contribution in [0.15, 0.2) is 72.9 Å². The van der Waals surface area contributed by atoms with E-state index in [0.717, 1.165) is 30.3 Å². The Morgan fingerprint density at radius 2 is 1.93 bits per heavy atom. The highest BCUT2D eigenvalue weighted by Gasteiger charge is 2.18. The molecule has 148 valence electrons. The largest absolute Gasteiger partial charge is 0.473 e.